The second-order valence-corrected chi connectivity index (χ2v) is 7.02. The number of amides is 1. The average molecular weight is 316 g/mol. The minimum Gasteiger partial charge on any atom is -0.370 e. The quantitative estimate of drug-likeness (QED) is 0.809. The largest absolute Gasteiger partial charge is 0.370 e. The SMILES string of the molecule is CCCNc1ccc(Cl)c(C(=O)NCC(C)(C)SC)n1. The third-order valence-electron chi connectivity index (χ3n) is 2.84. The Balaban J connectivity index is 2.76. The predicted octanol–water partition coefficient (Wildman–Crippen LogP) is 3.43. The molecular formula is C14H22ClN3OS. The fourth-order valence-corrected chi connectivity index (χ4v) is 1.81. The molecule has 0 saturated heterocycles. The molecule has 2 N–H and O–H groups in total. The van der Waals surface area contributed by atoms with Gasteiger partial charge in [0, 0.05) is 17.8 Å². The highest BCUT2D eigenvalue weighted by Gasteiger charge is 2.19. The van der Waals surface area contributed by atoms with Crippen LogP contribution >= 0.6 is 23.4 Å². The van der Waals surface area contributed by atoms with Crippen molar-refractivity contribution in [1.82, 2.24) is 10.3 Å². The van der Waals surface area contributed by atoms with Crippen molar-refractivity contribution >= 4 is 35.1 Å². The number of thioether (sulfide) groups is 1. The highest BCUT2D eigenvalue weighted by Crippen LogP contribution is 2.21. The Labute approximate surface area is 130 Å². The van der Waals surface area contributed by atoms with Gasteiger partial charge in [-0.1, -0.05) is 18.5 Å². The fraction of sp³-hybridized carbons (Fsp3) is 0.571. The van der Waals surface area contributed by atoms with Gasteiger partial charge in [0.2, 0.25) is 0 Å². The van der Waals surface area contributed by atoms with Crippen LogP contribution in [-0.2, 0) is 0 Å². The molecule has 6 heteroatoms. The van der Waals surface area contributed by atoms with Gasteiger partial charge in [-0.25, -0.2) is 4.98 Å². The van der Waals surface area contributed by atoms with Crippen LogP contribution in [-0.4, -0.2) is 35.0 Å². The van der Waals surface area contributed by atoms with E-state index in [1.165, 1.54) is 0 Å². The molecule has 0 aliphatic heterocycles. The first-order chi connectivity index (χ1) is 9.39. The highest BCUT2D eigenvalue weighted by atomic mass is 35.5. The molecule has 0 bridgehead atoms. The summed E-state index contributed by atoms with van der Waals surface area (Å²) in [6.07, 6.45) is 3.01. The maximum absolute atomic E-state index is 12.2. The topological polar surface area (TPSA) is 54.0 Å². The van der Waals surface area contributed by atoms with Crippen molar-refractivity contribution in [2.24, 2.45) is 0 Å². The number of nitrogens with zero attached hydrogens (tertiary/aromatic N) is 1. The maximum atomic E-state index is 12.2. The highest BCUT2D eigenvalue weighted by molar-refractivity contribution is 7.99. The zero-order valence-corrected chi connectivity index (χ0v) is 14.0. The lowest BCUT2D eigenvalue weighted by molar-refractivity contribution is 0.0946. The Kier molecular flexibility index (Phi) is 6.62. The number of rotatable bonds is 7. The van der Waals surface area contributed by atoms with E-state index in [4.69, 9.17) is 11.6 Å². The van der Waals surface area contributed by atoms with Gasteiger partial charge in [-0.05, 0) is 38.7 Å². The molecule has 1 aromatic rings. The summed E-state index contributed by atoms with van der Waals surface area (Å²) in [7, 11) is 0. The van der Waals surface area contributed by atoms with E-state index in [-0.39, 0.29) is 16.3 Å². The van der Waals surface area contributed by atoms with E-state index in [0.717, 1.165) is 13.0 Å². The first-order valence-corrected chi connectivity index (χ1v) is 8.23. The van der Waals surface area contributed by atoms with E-state index in [9.17, 15) is 4.79 Å². The third-order valence-corrected chi connectivity index (χ3v) is 4.40. The van der Waals surface area contributed by atoms with Crippen LogP contribution < -0.4 is 10.6 Å². The van der Waals surface area contributed by atoms with Gasteiger partial charge in [0.15, 0.2) is 0 Å². The molecule has 1 aromatic heterocycles. The average Bonchev–Trinajstić information content (AvgIpc) is 2.44. The molecule has 0 aliphatic carbocycles. The van der Waals surface area contributed by atoms with Crippen molar-refractivity contribution in [3.05, 3.63) is 22.8 Å². The molecule has 112 valence electrons. The second-order valence-electron chi connectivity index (χ2n) is 5.10. The van der Waals surface area contributed by atoms with Gasteiger partial charge in [0.25, 0.3) is 5.91 Å². The van der Waals surface area contributed by atoms with E-state index in [1.807, 2.05) is 6.26 Å². The monoisotopic (exact) mass is 315 g/mol. The van der Waals surface area contributed by atoms with Crippen LogP contribution in [0.25, 0.3) is 0 Å². The molecule has 0 aliphatic rings. The van der Waals surface area contributed by atoms with Crippen LogP contribution in [0.4, 0.5) is 5.82 Å². The van der Waals surface area contributed by atoms with Crippen LogP contribution in [0.15, 0.2) is 12.1 Å². The molecule has 0 spiro atoms. The Hall–Kier alpha value is -0.940. The molecule has 0 radical (unpaired) electrons. The van der Waals surface area contributed by atoms with Gasteiger partial charge >= 0.3 is 0 Å². The van der Waals surface area contributed by atoms with Crippen molar-refractivity contribution in [2.45, 2.75) is 31.9 Å². The fourth-order valence-electron chi connectivity index (χ4n) is 1.40. The second kappa shape index (κ2) is 7.74. The minimum atomic E-state index is -0.239. The summed E-state index contributed by atoms with van der Waals surface area (Å²) in [6.45, 7) is 7.60. The lowest BCUT2D eigenvalue weighted by atomic mass is 10.2. The number of carbonyl (C=O) groups is 1. The van der Waals surface area contributed by atoms with Crippen molar-refractivity contribution in [1.29, 1.82) is 0 Å². The Morgan fingerprint density at radius 1 is 1.45 bits per heavy atom. The molecule has 1 heterocycles. The summed E-state index contributed by atoms with van der Waals surface area (Å²) < 4.78 is -0.0137. The Bertz CT molecular complexity index is 466. The zero-order chi connectivity index (χ0) is 15.2. The number of halogens is 1. The summed E-state index contributed by atoms with van der Waals surface area (Å²) in [5.74, 6) is 0.433. The predicted molar refractivity (Wildman–Crippen MR) is 88.0 cm³/mol. The van der Waals surface area contributed by atoms with Gasteiger partial charge in [-0.15, -0.1) is 0 Å². The number of anilines is 1. The lowest BCUT2D eigenvalue weighted by Gasteiger charge is -2.22. The van der Waals surface area contributed by atoms with E-state index < -0.39 is 0 Å². The number of hydrogen-bond donors (Lipinski definition) is 2. The summed E-state index contributed by atoms with van der Waals surface area (Å²) in [6, 6.07) is 3.47. The molecule has 0 aromatic carbocycles. The van der Waals surface area contributed by atoms with Crippen LogP contribution in [0.5, 0.6) is 0 Å². The Morgan fingerprint density at radius 2 is 2.15 bits per heavy atom. The Morgan fingerprint density at radius 3 is 2.75 bits per heavy atom. The number of nitrogens with one attached hydrogen (secondary N) is 2. The molecule has 0 saturated carbocycles. The number of hydrogen-bond acceptors (Lipinski definition) is 4. The van der Waals surface area contributed by atoms with E-state index in [0.29, 0.717) is 17.4 Å². The van der Waals surface area contributed by atoms with Gasteiger partial charge in [0.1, 0.15) is 11.5 Å². The van der Waals surface area contributed by atoms with E-state index >= 15 is 0 Å². The van der Waals surface area contributed by atoms with Gasteiger partial charge in [-0.2, -0.15) is 11.8 Å². The smallest absolute Gasteiger partial charge is 0.271 e. The van der Waals surface area contributed by atoms with E-state index in [1.54, 1.807) is 23.9 Å². The van der Waals surface area contributed by atoms with Gasteiger partial charge in [-0.3, -0.25) is 4.79 Å². The van der Waals surface area contributed by atoms with Crippen LogP contribution in [0.2, 0.25) is 5.02 Å². The van der Waals surface area contributed by atoms with Crippen molar-refractivity contribution in [3.8, 4) is 0 Å². The molecule has 0 unspecified atom stereocenters. The standard InChI is InChI=1S/C14H22ClN3OS/c1-5-8-16-11-7-6-10(15)12(18-11)13(19)17-9-14(2,3)20-4/h6-7H,5,8-9H2,1-4H3,(H,16,18)(H,17,19). The maximum Gasteiger partial charge on any atom is 0.271 e. The first kappa shape index (κ1) is 17.1. The summed E-state index contributed by atoms with van der Waals surface area (Å²) in [5, 5.41) is 6.39. The first-order valence-electron chi connectivity index (χ1n) is 6.63. The van der Waals surface area contributed by atoms with E-state index in [2.05, 4.69) is 36.4 Å². The number of pyridine rings is 1. The molecular weight excluding hydrogens is 294 g/mol. The zero-order valence-electron chi connectivity index (χ0n) is 12.4. The summed E-state index contributed by atoms with van der Waals surface area (Å²) in [4.78, 5) is 16.4. The van der Waals surface area contributed by atoms with Crippen molar-refractivity contribution in [2.75, 3.05) is 24.7 Å². The van der Waals surface area contributed by atoms with Gasteiger partial charge in [0.05, 0.1) is 5.02 Å². The van der Waals surface area contributed by atoms with Crippen LogP contribution in [0.3, 0.4) is 0 Å². The van der Waals surface area contributed by atoms with Crippen LogP contribution in [0.1, 0.15) is 37.7 Å². The molecule has 0 fully saturated rings. The molecule has 0 atom stereocenters. The summed E-state index contributed by atoms with van der Waals surface area (Å²) >= 11 is 7.75. The minimum absolute atomic E-state index is 0.0137. The molecule has 4 nitrogen and oxygen atoms in total. The van der Waals surface area contributed by atoms with Crippen LogP contribution in [0, 0.1) is 0 Å². The number of carbonyl (C=O) groups excluding carboxylic acids is 1. The van der Waals surface area contributed by atoms with Crippen molar-refractivity contribution in [3.63, 3.8) is 0 Å². The molecule has 20 heavy (non-hydrogen) atoms. The van der Waals surface area contributed by atoms with Gasteiger partial charge < -0.3 is 10.6 Å². The lowest BCUT2D eigenvalue weighted by Crippen LogP contribution is -2.36. The normalized spacial score (nSPS) is 11.2. The molecule has 1 rings (SSSR count). The van der Waals surface area contributed by atoms with Crippen molar-refractivity contribution < 1.29 is 4.79 Å². The number of aromatic nitrogens is 1. The summed E-state index contributed by atoms with van der Waals surface area (Å²) in [5.41, 5.74) is 0.268. The molecule has 1 amide bonds. The third kappa shape index (κ3) is 5.21.